The molecule has 0 spiro atoms. The van der Waals surface area contributed by atoms with Crippen molar-refractivity contribution in [2.24, 2.45) is 11.7 Å². The molecule has 1 saturated heterocycles. The minimum absolute atomic E-state index is 0.213. The fraction of sp³-hybridized carbons (Fsp3) is 0.765. The zero-order valence-electron chi connectivity index (χ0n) is 16.3. The molecule has 0 aliphatic carbocycles. The number of aliphatic hydroxyl groups is 2. The normalized spacial score (nSPS) is 21.0. The maximum atomic E-state index is 12.8. The third-order valence-corrected chi connectivity index (χ3v) is 4.65. The van der Waals surface area contributed by atoms with Crippen LogP contribution in [0.3, 0.4) is 0 Å². The van der Waals surface area contributed by atoms with Gasteiger partial charge in [0.1, 0.15) is 24.2 Å². The summed E-state index contributed by atoms with van der Waals surface area (Å²) in [6.45, 7) is 4.24. The highest BCUT2D eigenvalue weighted by atomic mass is 16.4. The van der Waals surface area contributed by atoms with Crippen LogP contribution in [0.2, 0.25) is 0 Å². The van der Waals surface area contributed by atoms with E-state index in [1.54, 1.807) is 13.8 Å². The van der Waals surface area contributed by atoms with Gasteiger partial charge in [-0.25, -0.2) is 4.79 Å². The highest BCUT2D eigenvalue weighted by molar-refractivity contribution is 5.94. The molecule has 28 heavy (non-hydrogen) atoms. The largest absolute Gasteiger partial charge is 0.480 e. The van der Waals surface area contributed by atoms with Gasteiger partial charge < -0.3 is 36.6 Å². The lowest BCUT2D eigenvalue weighted by molar-refractivity contribution is -0.151. The Morgan fingerprint density at radius 1 is 1.11 bits per heavy atom. The summed E-state index contributed by atoms with van der Waals surface area (Å²) < 4.78 is 0. The first-order valence-corrected chi connectivity index (χ1v) is 9.19. The van der Waals surface area contributed by atoms with Crippen LogP contribution in [-0.2, 0) is 19.2 Å². The summed E-state index contributed by atoms with van der Waals surface area (Å²) >= 11 is 0. The number of aliphatic carboxylic acids is 1. The monoisotopic (exact) mass is 402 g/mol. The fourth-order valence-electron chi connectivity index (χ4n) is 2.98. The number of nitrogens with zero attached hydrogens (tertiary/aromatic N) is 1. The predicted octanol–water partition coefficient (Wildman–Crippen LogP) is -2.61. The van der Waals surface area contributed by atoms with Gasteiger partial charge in [0, 0.05) is 6.54 Å². The fourth-order valence-corrected chi connectivity index (χ4v) is 2.98. The Morgan fingerprint density at radius 3 is 2.14 bits per heavy atom. The molecular weight excluding hydrogens is 372 g/mol. The van der Waals surface area contributed by atoms with E-state index in [9.17, 15) is 29.4 Å². The molecule has 3 amide bonds. The summed E-state index contributed by atoms with van der Waals surface area (Å²) in [5.41, 5.74) is 5.44. The van der Waals surface area contributed by atoms with Crippen molar-refractivity contribution >= 4 is 23.7 Å². The molecule has 11 nitrogen and oxygen atoms in total. The number of carboxylic acid groups (broad SMARTS) is 1. The lowest BCUT2D eigenvalue weighted by Gasteiger charge is -2.31. The number of carbonyl (C=O) groups is 4. The van der Waals surface area contributed by atoms with Crippen molar-refractivity contribution in [2.45, 2.75) is 63.9 Å². The van der Waals surface area contributed by atoms with Gasteiger partial charge >= 0.3 is 5.97 Å². The lowest BCUT2D eigenvalue weighted by atomic mass is 10.0. The molecule has 0 saturated carbocycles. The first-order valence-electron chi connectivity index (χ1n) is 9.19. The quantitative estimate of drug-likeness (QED) is 0.242. The van der Waals surface area contributed by atoms with Crippen molar-refractivity contribution in [3.05, 3.63) is 0 Å². The van der Waals surface area contributed by atoms with Gasteiger partial charge in [-0.15, -0.1) is 0 Å². The second-order valence-corrected chi connectivity index (χ2v) is 7.27. The first-order chi connectivity index (χ1) is 13.0. The van der Waals surface area contributed by atoms with E-state index in [0.717, 1.165) is 4.90 Å². The number of likely N-dealkylation sites (tertiary alicyclic amines) is 1. The molecular formula is C17H30N4O7. The first kappa shape index (κ1) is 23.8. The average Bonchev–Trinajstić information content (AvgIpc) is 3.11. The van der Waals surface area contributed by atoms with Crippen LogP contribution in [0.1, 0.15) is 33.6 Å². The number of rotatable bonds is 9. The molecule has 0 radical (unpaired) electrons. The Labute approximate surface area is 163 Å². The third-order valence-electron chi connectivity index (χ3n) is 4.65. The van der Waals surface area contributed by atoms with Crippen LogP contribution in [0.15, 0.2) is 0 Å². The molecule has 0 aromatic rings. The van der Waals surface area contributed by atoms with Crippen LogP contribution >= 0.6 is 0 Å². The Balaban J connectivity index is 2.93. The molecule has 1 aliphatic rings. The molecule has 5 unspecified atom stereocenters. The van der Waals surface area contributed by atoms with Gasteiger partial charge in [0.25, 0.3) is 0 Å². The van der Waals surface area contributed by atoms with Crippen molar-refractivity contribution in [3.63, 3.8) is 0 Å². The SMILES string of the molecule is CC(C)C(NC(=O)C(N)CO)C(=O)NC(C(=O)N1CCCC1C(=O)O)C(C)O. The van der Waals surface area contributed by atoms with Crippen molar-refractivity contribution in [1.82, 2.24) is 15.5 Å². The van der Waals surface area contributed by atoms with E-state index in [0.29, 0.717) is 12.8 Å². The van der Waals surface area contributed by atoms with Crippen molar-refractivity contribution in [3.8, 4) is 0 Å². The van der Waals surface area contributed by atoms with E-state index in [1.165, 1.54) is 6.92 Å². The van der Waals surface area contributed by atoms with E-state index in [4.69, 9.17) is 10.8 Å². The maximum Gasteiger partial charge on any atom is 0.326 e. The second-order valence-electron chi connectivity index (χ2n) is 7.27. The zero-order chi connectivity index (χ0) is 21.6. The van der Waals surface area contributed by atoms with Gasteiger partial charge in [-0.3, -0.25) is 14.4 Å². The summed E-state index contributed by atoms with van der Waals surface area (Å²) in [6, 6.07) is -4.64. The molecule has 1 rings (SSSR count). The van der Waals surface area contributed by atoms with Gasteiger partial charge in [-0.2, -0.15) is 0 Å². The topological polar surface area (TPSA) is 182 Å². The number of nitrogens with two attached hydrogens (primary N) is 1. The zero-order valence-corrected chi connectivity index (χ0v) is 16.3. The van der Waals surface area contributed by atoms with Crippen LogP contribution in [0, 0.1) is 5.92 Å². The Bertz CT molecular complexity index is 596. The van der Waals surface area contributed by atoms with E-state index in [-0.39, 0.29) is 12.5 Å². The number of hydrogen-bond donors (Lipinski definition) is 6. The summed E-state index contributed by atoms with van der Waals surface area (Å²) in [7, 11) is 0. The van der Waals surface area contributed by atoms with E-state index in [2.05, 4.69) is 10.6 Å². The van der Waals surface area contributed by atoms with Gasteiger partial charge in [-0.1, -0.05) is 13.8 Å². The molecule has 1 fully saturated rings. The molecule has 0 bridgehead atoms. The van der Waals surface area contributed by atoms with Gasteiger partial charge in [0.15, 0.2) is 0 Å². The van der Waals surface area contributed by atoms with Crippen LogP contribution in [0.25, 0.3) is 0 Å². The highest BCUT2D eigenvalue weighted by Crippen LogP contribution is 2.19. The van der Waals surface area contributed by atoms with Crippen LogP contribution < -0.4 is 16.4 Å². The van der Waals surface area contributed by atoms with E-state index >= 15 is 0 Å². The Morgan fingerprint density at radius 2 is 1.68 bits per heavy atom. The van der Waals surface area contributed by atoms with E-state index < -0.39 is 60.6 Å². The standard InChI is InChI=1S/C17H30N4O7/c1-8(2)12(19-14(24)10(18)7-22)15(25)20-13(9(3)23)16(26)21-6-4-5-11(21)17(27)28/h8-13,22-23H,4-7,18H2,1-3H3,(H,19,24)(H,20,25)(H,27,28). The van der Waals surface area contributed by atoms with E-state index in [1.807, 2.05) is 0 Å². The smallest absolute Gasteiger partial charge is 0.326 e. The highest BCUT2D eigenvalue weighted by Gasteiger charge is 2.40. The molecule has 160 valence electrons. The predicted molar refractivity (Wildman–Crippen MR) is 97.8 cm³/mol. The number of carboxylic acids is 1. The molecule has 1 aliphatic heterocycles. The summed E-state index contributed by atoms with van der Waals surface area (Å²) in [6.07, 6.45) is -0.479. The van der Waals surface area contributed by atoms with Crippen molar-refractivity contribution < 1.29 is 34.5 Å². The summed E-state index contributed by atoms with van der Waals surface area (Å²) in [4.78, 5) is 49.8. The Kier molecular flexibility index (Phi) is 8.79. The summed E-state index contributed by atoms with van der Waals surface area (Å²) in [5.74, 6) is -3.68. The number of hydrogen-bond acceptors (Lipinski definition) is 7. The number of amides is 3. The minimum Gasteiger partial charge on any atom is -0.480 e. The molecule has 0 aromatic carbocycles. The average molecular weight is 402 g/mol. The van der Waals surface area contributed by atoms with Gasteiger partial charge in [-0.05, 0) is 25.7 Å². The number of carbonyl (C=O) groups excluding carboxylic acids is 3. The molecule has 11 heteroatoms. The van der Waals surface area contributed by atoms with Crippen molar-refractivity contribution in [2.75, 3.05) is 13.2 Å². The van der Waals surface area contributed by atoms with Crippen LogP contribution in [0.4, 0.5) is 0 Å². The van der Waals surface area contributed by atoms with Gasteiger partial charge in [0.05, 0.1) is 12.7 Å². The van der Waals surface area contributed by atoms with Crippen LogP contribution in [-0.4, -0.2) is 87.3 Å². The lowest BCUT2D eigenvalue weighted by Crippen LogP contribution is -2.61. The third kappa shape index (κ3) is 5.88. The minimum atomic E-state index is -1.36. The maximum absolute atomic E-state index is 12.8. The number of nitrogens with one attached hydrogen (secondary N) is 2. The number of aliphatic hydroxyl groups excluding tert-OH is 2. The molecule has 1 heterocycles. The van der Waals surface area contributed by atoms with Crippen molar-refractivity contribution in [1.29, 1.82) is 0 Å². The second kappa shape index (κ2) is 10.3. The molecule has 0 aromatic heterocycles. The molecule has 7 N–H and O–H groups in total. The Hall–Kier alpha value is -2.24. The van der Waals surface area contributed by atoms with Gasteiger partial charge in [0.2, 0.25) is 17.7 Å². The summed E-state index contributed by atoms with van der Waals surface area (Å²) in [5, 5.41) is 33.0. The molecule has 5 atom stereocenters. The van der Waals surface area contributed by atoms with Crippen LogP contribution in [0.5, 0.6) is 0 Å².